The van der Waals surface area contributed by atoms with Gasteiger partial charge in [-0.3, -0.25) is 4.68 Å². The van der Waals surface area contributed by atoms with Crippen molar-refractivity contribution in [1.82, 2.24) is 15.1 Å². The highest BCUT2D eigenvalue weighted by Gasteiger charge is 2.32. The molecule has 0 aromatic carbocycles. The highest BCUT2D eigenvalue weighted by atomic mass is 16.6. The van der Waals surface area contributed by atoms with Crippen LogP contribution >= 0.6 is 0 Å². The van der Waals surface area contributed by atoms with Crippen molar-refractivity contribution in [1.29, 1.82) is 0 Å². The Morgan fingerprint density at radius 2 is 2.29 bits per heavy atom. The Hall–Kier alpha value is -1.60. The van der Waals surface area contributed by atoms with Gasteiger partial charge in [-0.1, -0.05) is 0 Å². The molecule has 1 aromatic heterocycles. The van der Waals surface area contributed by atoms with Gasteiger partial charge in [0.25, 0.3) is 0 Å². The Balaban J connectivity index is 2.02. The van der Waals surface area contributed by atoms with Gasteiger partial charge in [0.1, 0.15) is 11.7 Å². The molecule has 1 aromatic rings. The fourth-order valence-corrected chi connectivity index (χ4v) is 2.36. The van der Waals surface area contributed by atoms with Crippen molar-refractivity contribution in [2.75, 3.05) is 7.11 Å². The summed E-state index contributed by atoms with van der Waals surface area (Å²) in [5, 5.41) is 17.5. The molecule has 2 heterocycles. The lowest BCUT2D eigenvalue weighted by Crippen LogP contribution is -2.45. The highest BCUT2D eigenvalue weighted by Crippen LogP contribution is 2.26. The summed E-state index contributed by atoms with van der Waals surface area (Å²) >= 11 is 0. The molecule has 0 saturated carbocycles. The minimum absolute atomic E-state index is 0.376. The van der Waals surface area contributed by atoms with Gasteiger partial charge in [-0.15, -0.1) is 0 Å². The summed E-state index contributed by atoms with van der Waals surface area (Å²) in [5.74, 6) is 0. The van der Waals surface area contributed by atoms with E-state index in [0.717, 1.165) is 5.69 Å². The smallest absolute Gasteiger partial charge is 0.407 e. The molecular formula is C14H23N3O4. The number of nitrogens with one attached hydrogen (secondary N) is 1. The SMILES string of the molecule is COCc1cc2n(n1)CC[C@@H](NC(=O)OC(C)(C)C)[C@H]2O. The maximum atomic E-state index is 11.8. The fraction of sp³-hybridized carbons (Fsp3) is 0.714. The average molecular weight is 297 g/mol. The van der Waals surface area contributed by atoms with Crippen molar-refractivity contribution in [2.24, 2.45) is 0 Å². The molecule has 1 aliphatic rings. The Kier molecular flexibility index (Phi) is 4.53. The number of carbonyl (C=O) groups is 1. The number of hydrogen-bond donors (Lipinski definition) is 2. The molecule has 1 aliphatic heterocycles. The number of amides is 1. The number of methoxy groups -OCH3 is 1. The first-order valence-electron chi connectivity index (χ1n) is 7.03. The molecule has 7 nitrogen and oxygen atoms in total. The zero-order valence-electron chi connectivity index (χ0n) is 12.9. The van der Waals surface area contributed by atoms with Crippen LogP contribution in [0.4, 0.5) is 4.79 Å². The molecule has 7 heteroatoms. The van der Waals surface area contributed by atoms with Crippen molar-refractivity contribution >= 4 is 6.09 Å². The number of carbonyl (C=O) groups excluding carboxylic acids is 1. The van der Waals surface area contributed by atoms with Crippen LogP contribution < -0.4 is 5.32 Å². The zero-order valence-corrected chi connectivity index (χ0v) is 12.9. The summed E-state index contributed by atoms with van der Waals surface area (Å²) in [6.45, 7) is 6.44. The molecular weight excluding hydrogens is 274 g/mol. The quantitative estimate of drug-likeness (QED) is 0.880. The minimum Gasteiger partial charge on any atom is -0.444 e. The predicted molar refractivity (Wildman–Crippen MR) is 75.7 cm³/mol. The largest absolute Gasteiger partial charge is 0.444 e. The van der Waals surface area contributed by atoms with Crippen molar-refractivity contribution in [3.05, 3.63) is 17.5 Å². The molecule has 0 fully saturated rings. The van der Waals surface area contributed by atoms with Crippen LogP contribution in [0.3, 0.4) is 0 Å². The van der Waals surface area contributed by atoms with E-state index in [1.807, 2.05) is 0 Å². The lowest BCUT2D eigenvalue weighted by molar-refractivity contribution is 0.0367. The Morgan fingerprint density at radius 1 is 1.57 bits per heavy atom. The van der Waals surface area contributed by atoms with Gasteiger partial charge >= 0.3 is 6.09 Å². The number of aliphatic hydroxyl groups is 1. The Morgan fingerprint density at radius 3 is 2.90 bits per heavy atom. The van der Waals surface area contributed by atoms with E-state index in [4.69, 9.17) is 9.47 Å². The molecule has 21 heavy (non-hydrogen) atoms. The van der Waals surface area contributed by atoms with Gasteiger partial charge in [0.05, 0.1) is 24.0 Å². The van der Waals surface area contributed by atoms with Gasteiger partial charge in [0.15, 0.2) is 0 Å². The topological polar surface area (TPSA) is 85.6 Å². The Bertz CT molecular complexity index is 507. The van der Waals surface area contributed by atoms with Crippen LogP contribution in [-0.4, -0.2) is 39.7 Å². The number of rotatable bonds is 3. The second-order valence-electron chi connectivity index (χ2n) is 6.20. The van der Waals surface area contributed by atoms with Crippen LogP contribution in [0, 0.1) is 0 Å². The molecule has 0 saturated heterocycles. The summed E-state index contributed by atoms with van der Waals surface area (Å²) in [4.78, 5) is 11.8. The number of ether oxygens (including phenoxy) is 2. The van der Waals surface area contributed by atoms with E-state index in [1.54, 1.807) is 38.6 Å². The van der Waals surface area contributed by atoms with Gasteiger partial charge in [0.2, 0.25) is 0 Å². The fourth-order valence-electron chi connectivity index (χ4n) is 2.36. The van der Waals surface area contributed by atoms with Crippen LogP contribution in [0.2, 0.25) is 0 Å². The molecule has 0 unspecified atom stereocenters. The number of aliphatic hydroxyl groups excluding tert-OH is 1. The van der Waals surface area contributed by atoms with Crippen LogP contribution in [0.15, 0.2) is 6.07 Å². The number of aryl methyl sites for hydroxylation is 1. The van der Waals surface area contributed by atoms with Gasteiger partial charge in [-0.25, -0.2) is 4.79 Å². The van der Waals surface area contributed by atoms with Crippen molar-refractivity contribution < 1.29 is 19.4 Å². The van der Waals surface area contributed by atoms with Crippen LogP contribution in [-0.2, 0) is 22.6 Å². The van der Waals surface area contributed by atoms with E-state index in [2.05, 4.69) is 10.4 Å². The van der Waals surface area contributed by atoms with E-state index in [-0.39, 0.29) is 6.04 Å². The van der Waals surface area contributed by atoms with Crippen molar-refractivity contribution in [2.45, 2.75) is 58.1 Å². The molecule has 1 amide bonds. The third-order valence-corrected chi connectivity index (χ3v) is 3.19. The van der Waals surface area contributed by atoms with E-state index in [9.17, 15) is 9.90 Å². The molecule has 2 rings (SSSR count). The monoisotopic (exact) mass is 297 g/mol. The van der Waals surface area contributed by atoms with Gasteiger partial charge in [-0.2, -0.15) is 5.10 Å². The molecule has 118 valence electrons. The van der Waals surface area contributed by atoms with Crippen molar-refractivity contribution in [3.8, 4) is 0 Å². The Labute approximate surface area is 124 Å². The third kappa shape index (κ3) is 3.95. The van der Waals surface area contributed by atoms with E-state index >= 15 is 0 Å². The second-order valence-corrected chi connectivity index (χ2v) is 6.20. The van der Waals surface area contributed by atoms with Crippen LogP contribution in [0.5, 0.6) is 0 Å². The summed E-state index contributed by atoms with van der Waals surface area (Å²) in [6, 6.07) is 1.43. The standard InChI is InChI=1S/C14H23N3O4/c1-14(2,3)21-13(19)15-10-5-6-17-11(12(10)18)7-9(16-17)8-20-4/h7,10,12,18H,5-6,8H2,1-4H3,(H,15,19)/t10-,12-/m1/s1. The first-order chi connectivity index (χ1) is 9.80. The summed E-state index contributed by atoms with van der Waals surface area (Å²) in [7, 11) is 1.60. The number of nitrogens with zero attached hydrogens (tertiary/aromatic N) is 2. The highest BCUT2D eigenvalue weighted by molar-refractivity contribution is 5.68. The summed E-state index contributed by atoms with van der Waals surface area (Å²) in [5.41, 5.74) is 0.899. The first kappa shape index (κ1) is 15.8. The molecule has 0 spiro atoms. The maximum absolute atomic E-state index is 11.8. The number of fused-ring (bicyclic) bond motifs is 1. The summed E-state index contributed by atoms with van der Waals surface area (Å²) < 4.78 is 12.0. The normalized spacial score (nSPS) is 21.8. The van der Waals surface area contributed by atoms with E-state index in [0.29, 0.717) is 25.3 Å². The van der Waals surface area contributed by atoms with Crippen molar-refractivity contribution in [3.63, 3.8) is 0 Å². The number of hydrogen-bond acceptors (Lipinski definition) is 5. The number of alkyl carbamates (subject to hydrolysis) is 1. The minimum atomic E-state index is -0.802. The van der Waals surface area contributed by atoms with Crippen LogP contribution in [0.25, 0.3) is 0 Å². The van der Waals surface area contributed by atoms with Gasteiger partial charge in [-0.05, 0) is 33.3 Å². The van der Waals surface area contributed by atoms with Crippen LogP contribution in [0.1, 0.15) is 44.7 Å². The summed E-state index contributed by atoms with van der Waals surface area (Å²) in [6.07, 6.45) is -0.720. The zero-order chi connectivity index (χ0) is 15.6. The number of aromatic nitrogens is 2. The second kappa shape index (κ2) is 6.03. The van der Waals surface area contributed by atoms with E-state index < -0.39 is 17.8 Å². The third-order valence-electron chi connectivity index (χ3n) is 3.19. The lowest BCUT2D eigenvalue weighted by Gasteiger charge is -2.30. The van der Waals surface area contributed by atoms with E-state index in [1.165, 1.54) is 0 Å². The molecule has 2 N–H and O–H groups in total. The van der Waals surface area contributed by atoms with Gasteiger partial charge in [0, 0.05) is 13.7 Å². The first-order valence-corrected chi connectivity index (χ1v) is 7.03. The molecule has 0 bridgehead atoms. The maximum Gasteiger partial charge on any atom is 0.407 e. The average Bonchev–Trinajstić information content (AvgIpc) is 2.75. The molecule has 2 atom stereocenters. The lowest BCUT2D eigenvalue weighted by atomic mass is 10.0. The predicted octanol–water partition coefficient (Wildman–Crippen LogP) is 1.36. The van der Waals surface area contributed by atoms with Gasteiger partial charge < -0.3 is 19.9 Å². The molecule has 0 radical (unpaired) electrons. The molecule has 0 aliphatic carbocycles.